The summed E-state index contributed by atoms with van der Waals surface area (Å²) in [6.07, 6.45) is 8.69. The molecule has 2 aromatic rings. The van der Waals surface area contributed by atoms with E-state index in [9.17, 15) is 8.42 Å². The van der Waals surface area contributed by atoms with Crippen molar-refractivity contribution in [2.75, 3.05) is 19.0 Å². The Morgan fingerprint density at radius 2 is 2.11 bits per heavy atom. The van der Waals surface area contributed by atoms with Crippen molar-refractivity contribution in [2.24, 2.45) is 5.14 Å². The third-order valence-electron chi connectivity index (χ3n) is 4.44. The van der Waals surface area contributed by atoms with E-state index in [1.54, 1.807) is 12.4 Å². The lowest BCUT2D eigenvalue weighted by molar-refractivity contribution is -0.0384. The highest BCUT2D eigenvalue weighted by atomic mass is 32.2. The van der Waals surface area contributed by atoms with Gasteiger partial charge in [-0.1, -0.05) is 0 Å². The maximum Gasteiger partial charge on any atom is 0.209 e. The highest BCUT2D eigenvalue weighted by molar-refractivity contribution is 7.89. The zero-order valence-corrected chi connectivity index (χ0v) is 16.1. The number of unbranched alkanes of at least 4 members (excludes halogenated alkanes) is 2. The fraction of sp³-hybridized carbons (Fsp3) is 0.556. The van der Waals surface area contributed by atoms with E-state index in [2.05, 4.69) is 10.1 Å². The molecule has 1 aliphatic rings. The molecule has 27 heavy (non-hydrogen) atoms. The Balaban J connectivity index is 1.50. The maximum atomic E-state index is 10.9. The van der Waals surface area contributed by atoms with Crippen molar-refractivity contribution in [2.45, 2.75) is 44.8 Å². The van der Waals surface area contributed by atoms with Crippen molar-refractivity contribution in [3.8, 4) is 17.1 Å². The third kappa shape index (κ3) is 6.02. The lowest BCUT2D eigenvalue weighted by Crippen LogP contribution is -2.20. The van der Waals surface area contributed by atoms with E-state index in [-0.39, 0.29) is 12.0 Å². The minimum Gasteiger partial charge on any atom is -0.492 e. The Labute approximate surface area is 159 Å². The van der Waals surface area contributed by atoms with E-state index in [0.29, 0.717) is 18.8 Å². The summed E-state index contributed by atoms with van der Waals surface area (Å²) in [7, 11) is -3.37. The minimum atomic E-state index is -3.37. The predicted octanol–water partition coefficient (Wildman–Crippen LogP) is 2.48. The average molecular weight is 394 g/mol. The third-order valence-corrected chi connectivity index (χ3v) is 5.30. The first-order valence-corrected chi connectivity index (χ1v) is 11.0. The summed E-state index contributed by atoms with van der Waals surface area (Å²) in [6.45, 7) is 1.28. The first-order valence-electron chi connectivity index (χ1n) is 9.28. The quantitative estimate of drug-likeness (QED) is 0.654. The molecule has 1 aliphatic heterocycles. The fourth-order valence-electron chi connectivity index (χ4n) is 3.05. The maximum absolute atomic E-state index is 10.9. The monoisotopic (exact) mass is 394 g/mol. The van der Waals surface area contributed by atoms with Gasteiger partial charge in [0.05, 0.1) is 29.9 Å². The van der Waals surface area contributed by atoms with E-state index in [1.165, 1.54) is 0 Å². The molecule has 0 radical (unpaired) electrons. The molecule has 0 aromatic carbocycles. The van der Waals surface area contributed by atoms with Crippen LogP contribution in [0.1, 0.15) is 44.8 Å². The van der Waals surface area contributed by atoms with Gasteiger partial charge in [0.15, 0.2) is 6.23 Å². The van der Waals surface area contributed by atoms with Crippen molar-refractivity contribution in [1.29, 1.82) is 0 Å². The number of sulfonamides is 1. The molecule has 2 aromatic heterocycles. The highest BCUT2D eigenvalue weighted by Gasteiger charge is 2.19. The SMILES string of the molecule is NS(=O)(=O)CCCCCOc1ccc(-c2ccnn2C2CCCCO2)nc1. The molecule has 9 heteroatoms. The summed E-state index contributed by atoms with van der Waals surface area (Å²) in [5, 5.41) is 9.38. The van der Waals surface area contributed by atoms with Crippen molar-refractivity contribution < 1.29 is 17.9 Å². The lowest BCUT2D eigenvalue weighted by Gasteiger charge is -2.24. The lowest BCUT2D eigenvalue weighted by atomic mass is 10.2. The Kier molecular flexibility index (Phi) is 6.81. The van der Waals surface area contributed by atoms with Gasteiger partial charge in [-0.25, -0.2) is 18.2 Å². The molecular formula is C18H26N4O4S. The Morgan fingerprint density at radius 3 is 2.81 bits per heavy atom. The molecule has 2 N–H and O–H groups in total. The average Bonchev–Trinajstić information content (AvgIpc) is 3.15. The summed E-state index contributed by atoms with van der Waals surface area (Å²) in [6, 6.07) is 5.73. The van der Waals surface area contributed by atoms with Crippen LogP contribution in [0.3, 0.4) is 0 Å². The molecule has 1 saturated heterocycles. The first kappa shape index (κ1) is 19.8. The van der Waals surface area contributed by atoms with E-state index in [1.807, 2.05) is 22.9 Å². The normalized spacial score (nSPS) is 17.7. The molecule has 148 valence electrons. The van der Waals surface area contributed by atoms with Crippen LogP contribution < -0.4 is 9.88 Å². The summed E-state index contributed by atoms with van der Waals surface area (Å²) >= 11 is 0. The van der Waals surface area contributed by atoms with Gasteiger partial charge in [-0.05, 0) is 56.7 Å². The second-order valence-corrected chi connectivity index (χ2v) is 8.37. The summed E-state index contributed by atoms with van der Waals surface area (Å²) in [5.41, 5.74) is 1.75. The van der Waals surface area contributed by atoms with Crippen LogP contribution in [0.15, 0.2) is 30.6 Å². The van der Waals surface area contributed by atoms with Gasteiger partial charge in [0.25, 0.3) is 0 Å². The van der Waals surface area contributed by atoms with Crippen LogP contribution in [0.25, 0.3) is 11.4 Å². The Morgan fingerprint density at radius 1 is 1.22 bits per heavy atom. The molecule has 0 amide bonds. The van der Waals surface area contributed by atoms with Gasteiger partial charge >= 0.3 is 0 Å². The zero-order chi connectivity index (χ0) is 19.1. The van der Waals surface area contributed by atoms with E-state index >= 15 is 0 Å². The standard InChI is InChI=1S/C18H26N4O4S/c19-27(23,24)13-5-1-3-11-25-15-7-8-16(20-14-15)17-9-10-21-22(17)18-6-2-4-12-26-18/h7-10,14,18H,1-6,11-13H2,(H2,19,23,24). The predicted molar refractivity (Wildman–Crippen MR) is 102 cm³/mol. The number of aromatic nitrogens is 3. The molecule has 3 rings (SSSR count). The van der Waals surface area contributed by atoms with Crippen LogP contribution in [0.4, 0.5) is 0 Å². The van der Waals surface area contributed by atoms with E-state index in [0.717, 1.165) is 50.1 Å². The largest absolute Gasteiger partial charge is 0.492 e. The van der Waals surface area contributed by atoms with Crippen molar-refractivity contribution >= 4 is 10.0 Å². The number of ether oxygens (including phenoxy) is 2. The fourth-order valence-corrected chi connectivity index (χ4v) is 3.66. The number of pyridine rings is 1. The molecule has 0 saturated carbocycles. The topological polar surface area (TPSA) is 109 Å². The second kappa shape index (κ2) is 9.29. The Hall–Kier alpha value is -1.97. The number of rotatable bonds is 9. The Bertz CT molecular complexity index is 814. The van der Waals surface area contributed by atoms with E-state index < -0.39 is 10.0 Å². The van der Waals surface area contributed by atoms with Gasteiger partial charge in [-0.15, -0.1) is 0 Å². The molecular weight excluding hydrogens is 368 g/mol. The van der Waals surface area contributed by atoms with Gasteiger partial charge in [-0.2, -0.15) is 5.10 Å². The number of nitrogens with zero attached hydrogens (tertiary/aromatic N) is 3. The summed E-state index contributed by atoms with van der Waals surface area (Å²) < 4.78 is 35.1. The van der Waals surface area contributed by atoms with Crippen molar-refractivity contribution in [1.82, 2.24) is 14.8 Å². The van der Waals surface area contributed by atoms with Gasteiger partial charge in [0.2, 0.25) is 10.0 Å². The molecule has 1 unspecified atom stereocenters. The van der Waals surface area contributed by atoms with Crippen LogP contribution in [-0.4, -0.2) is 42.1 Å². The first-order chi connectivity index (χ1) is 13.0. The van der Waals surface area contributed by atoms with Gasteiger partial charge in [-0.3, -0.25) is 4.98 Å². The summed E-state index contributed by atoms with van der Waals surface area (Å²) in [5.74, 6) is 0.701. The number of nitrogens with two attached hydrogens (primary N) is 1. The molecule has 3 heterocycles. The second-order valence-electron chi connectivity index (χ2n) is 6.64. The minimum absolute atomic E-state index is 0.0155. The molecule has 1 atom stereocenters. The molecule has 1 fully saturated rings. The molecule has 0 aliphatic carbocycles. The van der Waals surface area contributed by atoms with Crippen LogP contribution in [0, 0.1) is 0 Å². The number of primary sulfonamides is 1. The smallest absolute Gasteiger partial charge is 0.209 e. The summed E-state index contributed by atoms with van der Waals surface area (Å²) in [4.78, 5) is 4.49. The van der Waals surface area contributed by atoms with Gasteiger partial charge in [0.1, 0.15) is 5.75 Å². The number of hydrogen-bond acceptors (Lipinski definition) is 6. The highest BCUT2D eigenvalue weighted by Crippen LogP contribution is 2.27. The van der Waals surface area contributed by atoms with Gasteiger partial charge < -0.3 is 9.47 Å². The van der Waals surface area contributed by atoms with Crippen LogP contribution >= 0.6 is 0 Å². The van der Waals surface area contributed by atoms with Crippen molar-refractivity contribution in [3.63, 3.8) is 0 Å². The van der Waals surface area contributed by atoms with Crippen LogP contribution in [0.5, 0.6) is 5.75 Å². The van der Waals surface area contributed by atoms with Gasteiger partial charge in [0, 0.05) is 12.8 Å². The van der Waals surface area contributed by atoms with Crippen LogP contribution in [-0.2, 0) is 14.8 Å². The molecule has 0 spiro atoms. The van der Waals surface area contributed by atoms with Crippen LogP contribution in [0.2, 0.25) is 0 Å². The molecule has 8 nitrogen and oxygen atoms in total. The van der Waals surface area contributed by atoms with E-state index in [4.69, 9.17) is 14.6 Å². The van der Waals surface area contributed by atoms with Crippen molar-refractivity contribution in [3.05, 3.63) is 30.6 Å². The number of hydrogen-bond donors (Lipinski definition) is 1. The molecule has 0 bridgehead atoms. The zero-order valence-electron chi connectivity index (χ0n) is 15.3.